The van der Waals surface area contributed by atoms with Crippen LogP contribution < -0.4 is 4.90 Å². The van der Waals surface area contributed by atoms with Crippen LogP contribution in [0.15, 0.2) is 12.2 Å². The average molecular weight is 267 g/mol. The molecule has 1 aliphatic carbocycles. The van der Waals surface area contributed by atoms with Gasteiger partial charge >= 0.3 is 0 Å². The molecule has 1 aromatic heterocycles. The molecule has 0 radical (unpaired) electrons. The van der Waals surface area contributed by atoms with E-state index in [4.69, 9.17) is 4.74 Å². The zero-order valence-corrected chi connectivity index (χ0v) is 11.9. The molecule has 100 valence electrons. The highest BCUT2D eigenvalue weighted by Gasteiger charge is 2.17. The van der Waals surface area contributed by atoms with Crippen molar-refractivity contribution in [3.63, 3.8) is 0 Å². The summed E-state index contributed by atoms with van der Waals surface area (Å²) in [7, 11) is 1.74. The van der Waals surface area contributed by atoms with Crippen LogP contribution in [0.3, 0.4) is 0 Å². The van der Waals surface area contributed by atoms with Gasteiger partial charge in [-0.1, -0.05) is 23.5 Å². The molecular formula is C13H21N3OS. The second kappa shape index (κ2) is 6.85. The van der Waals surface area contributed by atoms with Crippen LogP contribution in [-0.4, -0.2) is 37.0 Å². The fourth-order valence-corrected chi connectivity index (χ4v) is 2.94. The van der Waals surface area contributed by atoms with E-state index >= 15 is 0 Å². The number of allylic oxidation sites excluding steroid dienone is 2. The minimum atomic E-state index is 0.732. The first-order valence-corrected chi connectivity index (χ1v) is 7.30. The molecule has 0 aromatic carbocycles. The quantitative estimate of drug-likeness (QED) is 0.743. The Morgan fingerprint density at radius 1 is 1.44 bits per heavy atom. The van der Waals surface area contributed by atoms with Crippen LogP contribution in [-0.2, 0) is 4.74 Å². The van der Waals surface area contributed by atoms with E-state index < -0.39 is 0 Å². The minimum Gasteiger partial charge on any atom is -0.383 e. The molecule has 0 spiro atoms. The number of nitrogens with zero attached hydrogens (tertiary/aromatic N) is 3. The van der Waals surface area contributed by atoms with Crippen LogP contribution in [0, 0.1) is 12.8 Å². The Morgan fingerprint density at radius 2 is 2.33 bits per heavy atom. The summed E-state index contributed by atoms with van der Waals surface area (Å²) in [5.41, 5.74) is 0. The Balaban J connectivity index is 1.97. The smallest absolute Gasteiger partial charge is 0.208 e. The monoisotopic (exact) mass is 267 g/mol. The standard InChI is InChI=1S/C13H21N3OS/c1-11-14-15-13(18-11)16(8-9-17-2)10-12-6-4-3-5-7-12/h3-4,12H,5-10H2,1-2H3. The first kappa shape index (κ1) is 13.5. The molecule has 2 rings (SSSR count). The number of aryl methyl sites for hydroxylation is 1. The van der Waals surface area contributed by atoms with Crippen LogP contribution in [0.25, 0.3) is 0 Å². The fourth-order valence-electron chi connectivity index (χ4n) is 2.21. The molecule has 18 heavy (non-hydrogen) atoms. The normalized spacial score (nSPS) is 19.1. The topological polar surface area (TPSA) is 38.2 Å². The van der Waals surface area contributed by atoms with E-state index in [1.54, 1.807) is 18.4 Å². The lowest BCUT2D eigenvalue weighted by atomic mass is 9.94. The first-order chi connectivity index (χ1) is 8.79. The maximum Gasteiger partial charge on any atom is 0.208 e. The summed E-state index contributed by atoms with van der Waals surface area (Å²) in [6.07, 6.45) is 8.25. The molecular weight excluding hydrogens is 246 g/mol. The van der Waals surface area contributed by atoms with Crippen molar-refractivity contribution in [3.05, 3.63) is 17.2 Å². The molecule has 0 aliphatic heterocycles. The second-order valence-corrected chi connectivity index (χ2v) is 5.85. The van der Waals surface area contributed by atoms with Crippen LogP contribution in [0.4, 0.5) is 5.13 Å². The average Bonchev–Trinajstić information content (AvgIpc) is 2.82. The van der Waals surface area contributed by atoms with E-state index in [0.717, 1.165) is 35.8 Å². The largest absolute Gasteiger partial charge is 0.383 e. The molecule has 4 nitrogen and oxygen atoms in total. The molecule has 0 amide bonds. The molecule has 0 saturated heterocycles. The fraction of sp³-hybridized carbons (Fsp3) is 0.692. The van der Waals surface area contributed by atoms with Crippen molar-refractivity contribution in [2.24, 2.45) is 5.92 Å². The molecule has 5 heteroatoms. The maximum atomic E-state index is 5.19. The molecule has 0 N–H and O–H groups in total. The molecule has 0 saturated carbocycles. The van der Waals surface area contributed by atoms with E-state index in [1.165, 1.54) is 19.3 Å². The van der Waals surface area contributed by atoms with Crippen molar-refractivity contribution < 1.29 is 4.74 Å². The van der Waals surface area contributed by atoms with Gasteiger partial charge < -0.3 is 9.64 Å². The van der Waals surface area contributed by atoms with Gasteiger partial charge in [-0.3, -0.25) is 0 Å². The zero-order valence-electron chi connectivity index (χ0n) is 11.1. The van der Waals surface area contributed by atoms with Gasteiger partial charge in [-0.15, -0.1) is 10.2 Å². The van der Waals surface area contributed by atoms with Crippen molar-refractivity contribution in [2.75, 3.05) is 31.7 Å². The predicted molar refractivity (Wildman–Crippen MR) is 75.2 cm³/mol. The summed E-state index contributed by atoms with van der Waals surface area (Å²) in [6, 6.07) is 0. The Kier molecular flexibility index (Phi) is 5.13. The lowest BCUT2D eigenvalue weighted by molar-refractivity contribution is 0.204. The summed E-state index contributed by atoms with van der Waals surface area (Å²) in [5.74, 6) is 0.732. The van der Waals surface area contributed by atoms with Crippen LogP contribution in [0.5, 0.6) is 0 Å². The van der Waals surface area contributed by atoms with Crippen molar-refractivity contribution in [2.45, 2.75) is 26.2 Å². The van der Waals surface area contributed by atoms with Gasteiger partial charge in [-0.25, -0.2) is 0 Å². The van der Waals surface area contributed by atoms with Crippen molar-refractivity contribution in [1.82, 2.24) is 10.2 Å². The molecule has 0 bridgehead atoms. The molecule has 0 fully saturated rings. The third kappa shape index (κ3) is 3.78. The highest BCUT2D eigenvalue weighted by molar-refractivity contribution is 7.15. The highest BCUT2D eigenvalue weighted by atomic mass is 32.1. The minimum absolute atomic E-state index is 0.732. The van der Waals surface area contributed by atoms with E-state index in [1.807, 2.05) is 6.92 Å². The third-order valence-electron chi connectivity index (χ3n) is 3.21. The van der Waals surface area contributed by atoms with Crippen molar-refractivity contribution >= 4 is 16.5 Å². The number of rotatable bonds is 6. The van der Waals surface area contributed by atoms with E-state index in [2.05, 4.69) is 27.2 Å². The van der Waals surface area contributed by atoms with Crippen LogP contribution >= 0.6 is 11.3 Å². The van der Waals surface area contributed by atoms with Gasteiger partial charge in [0.05, 0.1) is 6.61 Å². The van der Waals surface area contributed by atoms with Crippen molar-refractivity contribution in [1.29, 1.82) is 0 Å². The number of aromatic nitrogens is 2. The molecule has 1 atom stereocenters. The van der Waals surface area contributed by atoms with E-state index in [0.29, 0.717) is 0 Å². The summed E-state index contributed by atoms with van der Waals surface area (Å²) >= 11 is 1.66. The number of hydrogen-bond donors (Lipinski definition) is 0. The summed E-state index contributed by atoms with van der Waals surface area (Å²) in [6.45, 7) is 4.69. The lowest BCUT2D eigenvalue weighted by Gasteiger charge is -2.27. The van der Waals surface area contributed by atoms with Crippen LogP contribution in [0.2, 0.25) is 0 Å². The van der Waals surface area contributed by atoms with Gasteiger partial charge in [0.1, 0.15) is 5.01 Å². The zero-order chi connectivity index (χ0) is 12.8. The Bertz CT molecular complexity index is 391. The van der Waals surface area contributed by atoms with E-state index in [9.17, 15) is 0 Å². The van der Waals surface area contributed by atoms with E-state index in [-0.39, 0.29) is 0 Å². The SMILES string of the molecule is COCCN(CC1CC=CCC1)c1nnc(C)s1. The highest BCUT2D eigenvalue weighted by Crippen LogP contribution is 2.24. The van der Waals surface area contributed by atoms with Crippen LogP contribution in [0.1, 0.15) is 24.3 Å². The summed E-state index contributed by atoms with van der Waals surface area (Å²) in [5, 5.41) is 10.4. The first-order valence-electron chi connectivity index (χ1n) is 6.48. The Labute approximate surface area is 113 Å². The van der Waals surface area contributed by atoms with Gasteiger partial charge in [0.2, 0.25) is 5.13 Å². The molecule has 1 heterocycles. The molecule has 1 aliphatic rings. The van der Waals surface area contributed by atoms with Gasteiger partial charge in [0.15, 0.2) is 0 Å². The Hall–Kier alpha value is -0.940. The second-order valence-electron chi connectivity index (χ2n) is 4.69. The number of anilines is 1. The van der Waals surface area contributed by atoms with Gasteiger partial charge in [0, 0.05) is 20.2 Å². The van der Waals surface area contributed by atoms with Crippen molar-refractivity contribution in [3.8, 4) is 0 Å². The predicted octanol–water partition coefficient (Wildman–Crippen LogP) is 2.66. The maximum absolute atomic E-state index is 5.19. The van der Waals surface area contributed by atoms with Gasteiger partial charge in [-0.2, -0.15) is 0 Å². The van der Waals surface area contributed by atoms with Gasteiger partial charge in [-0.05, 0) is 32.1 Å². The summed E-state index contributed by atoms with van der Waals surface area (Å²) in [4.78, 5) is 2.32. The Morgan fingerprint density at radius 3 is 2.94 bits per heavy atom. The molecule has 1 aromatic rings. The molecule has 1 unspecified atom stereocenters. The third-order valence-corrected chi connectivity index (χ3v) is 4.11. The number of hydrogen-bond acceptors (Lipinski definition) is 5. The number of methoxy groups -OCH3 is 1. The number of ether oxygens (including phenoxy) is 1. The lowest BCUT2D eigenvalue weighted by Crippen LogP contribution is -2.32. The van der Waals surface area contributed by atoms with Gasteiger partial charge in [0.25, 0.3) is 0 Å². The summed E-state index contributed by atoms with van der Waals surface area (Å²) < 4.78 is 5.19.